The van der Waals surface area contributed by atoms with Crippen LogP contribution in [-0.4, -0.2) is 61.8 Å². The van der Waals surface area contributed by atoms with E-state index in [0.29, 0.717) is 6.04 Å². The normalized spacial score (nSPS) is 26.7. The minimum atomic E-state index is 0.272. The van der Waals surface area contributed by atoms with E-state index in [1.54, 1.807) is 0 Å². The number of hydrogen-bond donors (Lipinski definition) is 2. The summed E-state index contributed by atoms with van der Waals surface area (Å²) in [5.74, 6) is 1.02. The van der Waals surface area contributed by atoms with Crippen LogP contribution in [0.2, 0.25) is 0 Å². The highest BCUT2D eigenvalue weighted by atomic mass is 16.5. The summed E-state index contributed by atoms with van der Waals surface area (Å²) in [7, 11) is 0. The Hall–Kier alpha value is -0.810. The summed E-state index contributed by atoms with van der Waals surface area (Å²) in [6, 6.07) is 0.656. The first-order valence-corrected chi connectivity index (χ1v) is 9.20. The average molecular weight is 308 g/mol. The van der Waals surface area contributed by atoms with E-state index < -0.39 is 0 Å². The molecule has 2 aliphatic carbocycles. The van der Waals surface area contributed by atoms with Gasteiger partial charge in [0.2, 0.25) is 0 Å². The third-order valence-electron chi connectivity index (χ3n) is 5.26. The molecular formula is C17H32N4O. The fourth-order valence-corrected chi connectivity index (χ4v) is 3.79. The van der Waals surface area contributed by atoms with Gasteiger partial charge in [-0.1, -0.05) is 19.3 Å². The third-order valence-corrected chi connectivity index (χ3v) is 5.26. The molecule has 5 nitrogen and oxygen atoms in total. The zero-order valence-electron chi connectivity index (χ0n) is 14.1. The van der Waals surface area contributed by atoms with Crippen LogP contribution < -0.4 is 10.6 Å². The van der Waals surface area contributed by atoms with Gasteiger partial charge in [0.25, 0.3) is 0 Å². The van der Waals surface area contributed by atoms with Gasteiger partial charge in [0.1, 0.15) is 0 Å². The van der Waals surface area contributed by atoms with Crippen LogP contribution in [0.25, 0.3) is 0 Å². The number of ether oxygens (including phenoxy) is 1. The number of hydrogen-bond acceptors (Lipinski definition) is 3. The molecule has 1 aliphatic heterocycles. The van der Waals surface area contributed by atoms with Crippen LogP contribution in [0.5, 0.6) is 0 Å². The molecule has 0 atom stereocenters. The standard InChI is InChI=1S/C17H32N4O/c1-2-18-16(20-15-6-7-15)19-14-17(8-4-3-5-9-17)21-10-12-22-13-11-21/h15H,2-14H2,1H3,(H2,18,19,20). The molecule has 3 aliphatic rings. The van der Waals surface area contributed by atoms with Crippen molar-refractivity contribution in [1.82, 2.24) is 15.5 Å². The zero-order valence-corrected chi connectivity index (χ0v) is 14.1. The number of aliphatic imine (C=N–C) groups is 1. The van der Waals surface area contributed by atoms with Gasteiger partial charge < -0.3 is 15.4 Å². The molecule has 22 heavy (non-hydrogen) atoms. The average Bonchev–Trinajstić information content (AvgIpc) is 3.39. The summed E-state index contributed by atoms with van der Waals surface area (Å²) in [4.78, 5) is 7.64. The summed E-state index contributed by atoms with van der Waals surface area (Å²) in [6.07, 6.45) is 9.24. The largest absolute Gasteiger partial charge is 0.379 e. The molecule has 0 aromatic heterocycles. The fourth-order valence-electron chi connectivity index (χ4n) is 3.79. The lowest BCUT2D eigenvalue weighted by molar-refractivity contribution is -0.0333. The second-order valence-electron chi connectivity index (χ2n) is 7.00. The third kappa shape index (κ3) is 4.13. The lowest BCUT2D eigenvalue weighted by Gasteiger charge is -2.47. The Kier molecular flexibility index (Phi) is 5.58. The van der Waals surface area contributed by atoms with Crippen molar-refractivity contribution in [3.8, 4) is 0 Å². The molecule has 2 N–H and O–H groups in total. The number of morpholine rings is 1. The molecule has 5 heteroatoms. The van der Waals surface area contributed by atoms with Crippen molar-refractivity contribution in [3.05, 3.63) is 0 Å². The molecule has 0 unspecified atom stereocenters. The van der Waals surface area contributed by atoms with Gasteiger partial charge in [-0.3, -0.25) is 9.89 Å². The van der Waals surface area contributed by atoms with Gasteiger partial charge in [0.15, 0.2) is 5.96 Å². The van der Waals surface area contributed by atoms with E-state index in [-0.39, 0.29) is 5.54 Å². The van der Waals surface area contributed by atoms with Crippen molar-refractivity contribution in [2.24, 2.45) is 4.99 Å². The smallest absolute Gasteiger partial charge is 0.191 e. The molecule has 2 saturated carbocycles. The Morgan fingerprint density at radius 3 is 2.55 bits per heavy atom. The van der Waals surface area contributed by atoms with Crippen LogP contribution in [0.15, 0.2) is 4.99 Å². The van der Waals surface area contributed by atoms with E-state index in [2.05, 4.69) is 22.5 Å². The topological polar surface area (TPSA) is 48.9 Å². The molecule has 0 amide bonds. The number of nitrogens with zero attached hydrogens (tertiary/aromatic N) is 2. The van der Waals surface area contributed by atoms with Crippen molar-refractivity contribution in [3.63, 3.8) is 0 Å². The predicted molar refractivity (Wildman–Crippen MR) is 90.3 cm³/mol. The first kappa shape index (κ1) is 16.1. The van der Waals surface area contributed by atoms with Gasteiger partial charge >= 0.3 is 0 Å². The maximum absolute atomic E-state index is 5.56. The van der Waals surface area contributed by atoms with Gasteiger partial charge in [0, 0.05) is 31.2 Å². The van der Waals surface area contributed by atoms with Crippen LogP contribution in [0.3, 0.4) is 0 Å². The van der Waals surface area contributed by atoms with E-state index in [4.69, 9.17) is 9.73 Å². The minimum Gasteiger partial charge on any atom is -0.379 e. The van der Waals surface area contributed by atoms with Gasteiger partial charge in [-0.25, -0.2) is 0 Å². The summed E-state index contributed by atoms with van der Waals surface area (Å²) in [5.41, 5.74) is 0.272. The van der Waals surface area contributed by atoms with E-state index in [0.717, 1.165) is 45.4 Å². The van der Waals surface area contributed by atoms with Crippen molar-refractivity contribution in [1.29, 1.82) is 0 Å². The summed E-state index contributed by atoms with van der Waals surface area (Å²) in [5, 5.41) is 6.96. The lowest BCUT2D eigenvalue weighted by Crippen LogP contribution is -2.56. The number of guanidine groups is 1. The van der Waals surface area contributed by atoms with E-state index in [1.807, 2.05) is 0 Å². The molecule has 3 fully saturated rings. The Morgan fingerprint density at radius 2 is 1.91 bits per heavy atom. The van der Waals surface area contributed by atoms with Gasteiger partial charge in [-0.2, -0.15) is 0 Å². The summed E-state index contributed by atoms with van der Waals surface area (Å²) >= 11 is 0. The van der Waals surface area contributed by atoms with E-state index >= 15 is 0 Å². The Balaban J connectivity index is 1.67. The van der Waals surface area contributed by atoms with E-state index in [9.17, 15) is 0 Å². The second kappa shape index (κ2) is 7.64. The number of nitrogens with one attached hydrogen (secondary N) is 2. The molecule has 1 heterocycles. The Bertz CT molecular complexity index is 369. The first-order valence-electron chi connectivity index (χ1n) is 9.20. The van der Waals surface area contributed by atoms with Gasteiger partial charge in [-0.05, 0) is 32.6 Å². The van der Waals surface area contributed by atoms with Crippen molar-refractivity contribution >= 4 is 5.96 Å². The van der Waals surface area contributed by atoms with Crippen molar-refractivity contribution < 1.29 is 4.74 Å². The van der Waals surface area contributed by atoms with E-state index in [1.165, 1.54) is 44.9 Å². The molecule has 0 radical (unpaired) electrons. The Labute approximate surface area is 134 Å². The molecule has 126 valence electrons. The lowest BCUT2D eigenvalue weighted by atomic mass is 9.80. The summed E-state index contributed by atoms with van der Waals surface area (Å²) in [6.45, 7) is 7.91. The molecular weight excluding hydrogens is 276 g/mol. The quantitative estimate of drug-likeness (QED) is 0.600. The molecule has 0 aromatic carbocycles. The highest BCUT2D eigenvalue weighted by Gasteiger charge is 2.38. The van der Waals surface area contributed by atoms with Gasteiger partial charge in [0.05, 0.1) is 19.8 Å². The molecule has 0 spiro atoms. The van der Waals surface area contributed by atoms with Crippen LogP contribution in [-0.2, 0) is 4.74 Å². The van der Waals surface area contributed by atoms with Crippen LogP contribution >= 0.6 is 0 Å². The van der Waals surface area contributed by atoms with Crippen LogP contribution in [0.4, 0.5) is 0 Å². The Morgan fingerprint density at radius 1 is 1.18 bits per heavy atom. The predicted octanol–water partition coefficient (Wildman–Crippen LogP) is 1.74. The molecule has 0 bridgehead atoms. The van der Waals surface area contributed by atoms with Crippen LogP contribution in [0.1, 0.15) is 51.9 Å². The van der Waals surface area contributed by atoms with Gasteiger partial charge in [-0.15, -0.1) is 0 Å². The minimum absolute atomic E-state index is 0.272. The van der Waals surface area contributed by atoms with Crippen molar-refractivity contribution in [2.45, 2.75) is 63.5 Å². The zero-order chi connectivity index (χ0) is 15.3. The SMILES string of the molecule is CCNC(=NCC1(N2CCOCC2)CCCCC1)NC1CC1. The van der Waals surface area contributed by atoms with Crippen LogP contribution in [0, 0.1) is 0 Å². The number of rotatable bonds is 5. The first-order chi connectivity index (χ1) is 10.8. The second-order valence-corrected chi connectivity index (χ2v) is 7.00. The summed E-state index contributed by atoms with van der Waals surface area (Å²) < 4.78 is 5.56. The molecule has 0 aromatic rings. The molecule has 1 saturated heterocycles. The monoisotopic (exact) mass is 308 g/mol. The van der Waals surface area contributed by atoms with Crippen molar-refractivity contribution in [2.75, 3.05) is 39.4 Å². The fraction of sp³-hybridized carbons (Fsp3) is 0.941. The molecule has 3 rings (SSSR count). The highest BCUT2D eigenvalue weighted by Crippen LogP contribution is 2.34. The highest BCUT2D eigenvalue weighted by molar-refractivity contribution is 5.80. The maximum atomic E-state index is 5.56. The maximum Gasteiger partial charge on any atom is 0.191 e.